The summed E-state index contributed by atoms with van der Waals surface area (Å²) in [5.41, 5.74) is 3.26. The number of aromatic nitrogens is 1. The molecule has 1 heterocycles. The van der Waals surface area contributed by atoms with Crippen molar-refractivity contribution in [2.45, 2.75) is 20.3 Å². The maximum absolute atomic E-state index is 5.28. The normalized spacial score (nSPS) is 10.7. The molecule has 0 bridgehead atoms. The molecule has 0 amide bonds. The number of ether oxygens (including phenoxy) is 1. The lowest BCUT2D eigenvalue weighted by molar-refractivity contribution is 0.141. The summed E-state index contributed by atoms with van der Waals surface area (Å²) in [4.78, 5) is 10.5. The van der Waals surface area contributed by atoms with Gasteiger partial charge in [-0.15, -0.1) is 11.3 Å². The Kier molecular flexibility index (Phi) is 4.52. The van der Waals surface area contributed by atoms with E-state index in [1.54, 1.807) is 18.4 Å². The molecular formula is C14H18N2O2S. The van der Waals surface area contributed by atoms with Crippen LogP contribution >= 0.6 is 11.3 Å². The molecule has 0 aliphatic carbocycles. The summed E-state index contributed by atoms with van der Waals surface area (Å²) in [5, 5.41) is 1.05. The molecule has 2 aromatic rings. The van der Waals surface area contributed by atoms with Gasteiger partial charge in [-0.3, -0.25) is 0 Å². The van der Waals surface area contributed by atoms with Crippen LogP contribution in [0.4, 0.5) is 0 Å². The van der Waals surface area contributed by atoms with Gasteiger partial charge in [-0.2, -0.15) is 0 Å². The van der Waals surface area contributed by atoms with Crippen molar-refractivity contribution < 1.29 is 9.57 Å². The van der Waals surface area contributed by atoms with Crippen molar-refractivity contribution in [3.8, 4) is 17.0 Å². The third-order valence-electron chi connectivity index (χ3n) is 2.94. The number of nitrogens with zero attached hydrogens (tertiary/aromatic N) is 1. The minimum Gasteiger partial charge on any atom is -0.496 e. The number of thiazole rings is 1. The number of nitrogens with two attached hydrogens (primary N) is 1. The van der Waals surface area contributed by atoms with Crippen molar-refractivity contribution >= 4 is 11.3 Å². The summed E-state index contributed by atoms with van der Waals surface area (Å²) in [6.45, 7) is 4.61. The maximum atomic E-state index is 5.28. The zero-order valence-corrected chi connectivity index (χ0v) is 12.2. The molecular weight excluding hydrogens is 260 g/mol. The average molecular weight is 278 g/mol. The third-order valence-corrected chi connectivity index (χ3v) is 3.97. The third kappa shape index (κ3) is 3.12. The van der Waals surface area contributed by atoms with Gasteiger partial charge in [-0.25, -0.2) is 10.9 Å². The summed E-state index contributed by atoms with van der Waals surface area (Å²) in [6, 6.07) is 6.12. The highest BCUT2D eigenvalue weighted by atomic mass is 32.1. The molecule has 0 unspecified atom stereocenters. The predicted molar refractivity (Wildman–Crippen MR) is 77.4 cm³/mol. The smallest absolute Gasteiger partial charge is 0.121 e. The second kappa shape index (κ2) is 6.14. The number of rotatable bonds is 5. The van der Waals surface area contributed by atoms with Crippen molar-refractivity contribution in [2.24, 2.45) is 5.90 Å². The Morgan fingerprint density at radius 1 is 1.32 bits per heavy atom. The van der Waals surface area contributed by atoms with Gasteiger partial charge in [0.2, 0.25) is 0 Å². The lowest BCUT2D eigenvalue weighted by Crippen LogP contribution is -2.03. The molecule has 0 saturated carbocycles. The highest BCUT2D eigenvalue weighted by molar-refractivity contribution is 7.12. The van der Waals surface area contributed by atoms with Crippen LogP contribution in [0.1, 0.15) is 15.4 Å². The van der Waals surface area contributed by atoms with Gasteiger partial charge in [0.25, 0.3) is 0 Å². The van der Waals surface area contributed by atoms with Crippen molar-refractivity contribution in [1.29, 1.82) is 0 Å². The van der Waals surface area contributed by atoms with E-state index >= 15 is 0 Å². The van der Waals surface area contributed by atoms with E-state index in [9.17, 15) is 0 Å². The van der Waals surface area contributed by atoms with E-state index in [1.807, 2.05) is 19.1 Å². The van der Waals surface area contributed by atoms with Crippen LogP contribution in [0.15, 0.2) is 18.2 Å². The van der Waals surface area contributed by atoms with Crippen LogP contribution in [0.3, 0.4) is 0 Å². The fourth-order valence-electron chi connectivity index (χ4n) is 2.00. The first-order chi connectivity index (χ1) is 9.15. The zero-order chi connectivity index (χ0) is 13.8. The van der Waals surface area contributed by atoms with Crippen molar-refractivity contribution in [3.63, 3.8) is 0 Å². The molecule has 4 nitrogen and oxygen atoms in total. The van der Waals surface area contributed by atoms with Crippen LogP contribution in [0, 0.1) is 13.8 Å². The van der Waals surface area contributed by atoms with Crippen LogP contribution in [0.25, 0.3) is 11.3 Å². The van der Waals surface area contributed by atoms with E-state index < -0.39 is 0 Å². The van der Waals surface area contributed by atoms with E-state index in [0.29, 0.717) is 6.61 Å². The summed E-state index contributed by atoms with van der Waals surface area (Å²) >= 11 is 1.69. The molecule has 0 aliphatic heterocycles. The summed E-state index contributed by atoms with van der Waals surface area (Å²) in [6.07, 6.45) is 0.747. The van der Waals surface area contributed by atoms with E-state index in [0.717, 1.165) is 34.0 Å². The fourth-order valence-corrected chi connectivity index (χ4v) is 2.93. The van der Waals surface area contributed by atoms with Gasteiger partial charge in [-0.05, 0) is 37.6 Å². The predicted octanol–water partition coefficient (Wildman–Crippen LogP) is 2.87. The Morgan fingerprint density at radius 3 is 2.74 bits per heavy atom. The maximum Gasteiger partial charge on any atom is 0.121 e. The number of aryl methyl sites for hydroxylation is 2. The van der Waals surface area contributed by atoms with Crippen LogP contribution in [-0.2, 0) is 11.3 Å². The lowest BCUT2D eigenvalue weighted by atomic mass is 10.1. The number of benzene rings is 1. The highest BCUT2D eigenvalue weighted by Gasteiger charge is 2.11. The standard InChI is InChI=1S/C14H18N2O2S/c1-9-8-11(4-5-12(9)17-3)14-10(2)19-13(16-14)6-7-18-15/h4-5,8H,6-7,15H2,1-3H3. The van der Waals surface area contributed by atoms with Gasteiger partial charge in [0, 0.05) is 16.9 Å². The Bertz CT molecular complexity index is 567. The van der Waals surface area contributed by atoms with E-state index in [2.05, 4.69) is 22.8 Å². The van der Waals surface area contributed by atoms with Gasteiger partial charge in [0.15, 0.2) is 0 Å². The highest BCUT2D eigenvalue weighted by Crippen LogP contribution is 2.30. The van der Waals surface area contributed by atoms with Crippen molar-refractivity contribution in [1.82, 2.24) is 4.98 Å². The minimum atomic E-state index is 0.494. The average Bonchev–Trinajstić information content (AvgIpc) is 2.77. The summed E-state index contributed by atoms with van der Waals surface area (Å²) < 4.78 is 5.28. The monoisotopic (exact) mass is 278 g/mol. The SMILES string of the molecule is COc1ccc(-c2nc(CCON)sc2C)cc1C. The van der Waals surface area contributed by atoms with Crippen molar-refractivity contribution in [2.75, 3.05) is 13.7 Å². The van der Waals surface area contributed by atoms with Crippen LogP contribution in [0.5, 0.6) is 5.75 Å². The Hall–Kier alpha value is -1.43. The number of hydrogen-bond donors (Lipinski definition) is 1. The number of methoxy groups -OCH3 is 1. The fraction of sp³-hybridized carbons (Fsp3) is 0.357. The van der Waals surface area contributed by atoms with E-state index in [-0.39, 0.29) is 0 Å². The molecule has 1 aromatic heterocycles. The molecule has 0 atom stereocenters. The molecule has 1 aromatic carbocycles. The zero-order valence-electron chi connectivity index (χ0n) is 11.4. The van der Waals surface area contributed by atoms with Crippen LogP contribution < -0.4 is 10.6 Å². The van der Waals surface area contributed by atoms with Crippen molar-refractivity contribution in [3.05, 3.63) is 33.6 Å². The van der Waals surface area contributed by atoms with Gasteiger partial charge >= 0.3 is 0 Å². The summed E-state index contributed by atoms with van der Waals surface area (Å²) in [7, 11) is 1.68. The van der Waals surface area contributed by atoms with E-state index in [1.165, 1.54) is 4.88 Å². The van der Waals surface area contributed by atoms with Gasteiger partial charge in [-0.1, -0.05) is 0 Å². The molecule has 5 heteroatoms. The van der Waals surface area contributed by atoms with Crippen LogP contribution in [0.2, 0.25) is 0 Å². The number of hydrogen-bond acceptors (Lipinski definition) is 5. The Labute approximate surface area is 117 Å². The molecule has 0 fully saturated rings. The topological polar surface area (TPSA) is 57.4 Å². The van der Waals surface area contributed by atoms with Gasteiger partial charge in [0.05, 0.1) is 24.4 Å². The molecule has 0 spiro atoms. The first-order valence-corrected chi connectivity index (χ1v) is 6.90. The van der Waals surface area contributed by atoms with Gasteiger partial charge in [0.1, 0.15) is 5.75 Å². The molecule has 0 saturated heterocycles. The molecule has 2 N–H and O–H groups in total. The first kappa shape index (κ1) is 14.0. The molecule has 19 heavy (non-hydrogen) atoms. The second-order valence-corrected chi connectivity index (χ2v) is 5.61. The van der Waals surface area contributed by atoms with E-state index in [4.69, 9.17) is 10.6 Å². The van der Waals surface area contributed by atoms with Gasteiger partial charge < -0.3 is 9.57 Å². The summed E-state index contributed by atoms with van der Waals surface area (Å²) in [5.74, 6) is 5.94. The first-order valence-electron chi connectivity index (χ1n) is 6.08. The quantitative estimate of drug-likeness (QED) is 0.854. The Balaban J connectivity index is 2.30. The Morgan fingerprint density at radius 2 is 2.11 bits per heavy atom. The molecule has 102 valence electrons. The minimum absolute atomic E-state index is 0.494. The lowest BCUT2D eigenvalue weighted by Gasteiger charge is -2.06. The largest absolute Gasteiger partial charge is 0.496 e. The molecule has 0 aliphatic rings. The van der Waals surface area contributed by atoms with Crippen LogP contribution in [-0.4, -0.2) is 18.7 Å². The second-order valence-electron chi connectivity index (χ2n) is 4.32. The molecule has 0 radical (unpaired) electrons. The molecule has 2 rings (SSSR count).